The van der Waals surface area contributed by atoms with Gasteiger partial charge in [-0.05, 0) is 71.4 Å². The molecule has 0 fully saturated rings. The highest BCUT2D eigenvalue weighted by molar-refractivity contribution is 5.73. The predicted octanol–water partition coefficient (Wildman–Crippen LogP) is -0.118. The summed E-state index contributed by atoms with van der Waals surface area (Å²) in [7, 11) is 0. The molecule has 0 spiro atoms. The number of hydrogen-bond acceptors (Lipinski definition) is 5. The van der Waals surface area contributed by atoms with E-state index >= 15 is 0 Å². The highest BCUT2D eigenvalue weighted by atomic mass is 16.2. The van der Waals surface area contributed by atoms with Crippen molar-refractivity contribution >= 4 is 5.91 Å². The van der Waals surface area contributed by atoms with Gasteiger partial charge >= 0.3 is 0 Å². The summed E-state index contributed by atoms with van der Waals surface area (Å²) in [6, 6.07) is 0. The fourth-order valence-corrected chi connectivity index (χ4v) is 2.09. The average molecular weight is 301 g/mol. The summed E-state index contributed by atoms with van der Waals surface area (Å²) in [6.07, 6.45) is 5.26. The lowest BCUT2D eigenvalue weighted by atomic mass is 10.3. The van der Waals surface area contributed by atoms with Gasteiger partial charge in [0.05, 0.1) is 0 Å². The van der Waals surface area contributed by atoms with Crippen molar-refractivity contribution in [2.45, 2.75) is 39.0 Å². The molecular weight excluding hydrogens is 266 g/mol. The maximum atomic E-state index is 11.4. The van der Waals surface area contributed by atoms with Crippen LogP contribution >= 0.6 is 0 Å². The smallest absolute Gasteiger partial charge is 0.219 e. The van der Waals surface area contributed by atoms with E-state index in [4.69, 9.17) is 11.5 Å². The van der Waals surface area contributed by atoms with Crippen LogP contribution in [0.3, 0.4) is 0 Å². The Morgan fingerprint density at radius 3 is 1.90 bits per heavy atom. The molecule has 21 heavy (non-hydrogen) atoms. The van der Waals surface area contributed by atoms with Crippen molar-refractivity contribution in [2.24, 2.45) is 11.5 Å². The van der Waals surface area contributed by atoms with Gasteiger partial charge in [-0.1, -0.05) is 0 Å². The number of amides is 1. The molecule has 1 amide bonds. The van der Waals surface area contributed by atoms with E-state index in [2.05, 4.69) is 10.6 Å². The second-order valence-corrected chi connectivity index (χ2v) is 5.35. The topological polar surface area (TPSA) is 96.4 Å². The number of nitrogens with one attached hydrogen (secondary N) is 2. The molecule has 0 saturated carbocycles. The van der Waals surface area contributed by atoms with Gasteiger partial charge in [0.15, 0.2) is 0 Å². The summed E-state index contributed by atoms with van der Waals surface area (Å²) in [5, 5.41) is 6.82. The minimum absolute atomic E-state index is 0.144. The molecule has 0 rings (SSSR count). The Labute approximate surface area is 130 Å². The third-order valence-electron chi connectivity index (χ3n) is 3.37. The summed E-state index contributed by atoms with van der Waals surface area (Å²) in [4.78, 5) is 13.3. The first-order valence-corrected chi connectivity index (χ1v) is 8.29. The number of rotatable bonds is 15. The number of hydrogen-bond donors (Lipinski definition) is 4. The summed E-state index contributed by atoms with van der Waals surface area (Å²) < 4.78 is 0. The molecule has 0 aliphatic rings. The first kappa shape index (κ1) is 20.3. The SMILES string of the molecule is CC(=O)N(CCCN)CCCNCCCNCCCCN. The van der Waals surface area contributed by atoms with Gasteiger partial charge in [-0.3, -0.25) is 4.79 Å². The monoisotopic (exact) mass is 301 g/mol. The lowest BCUT2D eigenvalue weighted by Gasteiger charge is -2.20. The van der Waals surface area contributed by atoms with Crippen LogP contribution in [0, 0.1) is 0 Å². The van der Waals surface area contributed by atoms with Crippen molar-refractivity contribution < 1.29 is 4.79 Å². The Hall–Kier alpha value is -0.690. The van der Waals surface area contributed by atoms with Gasteiger partial charge in [-0.2, -0.15) is 0 Å². The normalized spacial score (nSPS) is 10.8. The van der Waals surface area contributed by atoms with Crippen LogP contribution in [0.4, 0.5) is 0 Å². The zero-order valence-electron chi connectivity index (χ0n) is 13.7. The minimum Gasteiger partial charge on any atom is -0.343 e. The largest absolute Gasteiger partial charge is 0.343 e. The van der Waals surface area contributed by atoms with E-state index in [0.717, 1.165) is 77.9 Å². The Balaban J connectivity index is 3.31. The van der Waals surface area contributed by atoms with Crippen LogP contribution < -0.4 is 22.1 Å². The molecule has 0 aromatic carbocycles. The fourth-order valence-electron chi connectivity index (χ4n) is 2.09. The first-order chi connectivity index (χ1) is 10.2. The summed E-state index contributed by atoms with van der Waals surface area (Å²) in [5.41, 5.74) is 10.9. The molecule has 0 aliphatic carbocycles. The van der Waals surface area contributed by atoms with Crippen molar-refractivity contribution in [3.05, 3.63) is 0 Å². The predicted molar refractivity (Wildman–Crippen MR) is 89.2 cm³/mol. The standard InChI is InChI=1S/C15H35N5O/c1-15(21)20(13-4-8-17)14-6-12-19-11-5-10-18-9-3-2-7-16/h18-19H,2-14,16-17H2,1H3. The number of nitrogens with zero attached hydrogens (tertiary/aromatic N) is 1. The molecule has 0 heterocycles. The maximum absolute atomic E-state index is 11.4. The van der Waals surface area contributed by atoms with Gasteiger partial charge in [-0.25, -0.2) is 0 Å². The Morgan fingerprint density at radius 1 is 0.810 bits per heavy atom. The number of nitrogens with two attached hydrogens (primary N) is 2. The van der Waals surface area contributed by atoms with Crippen molar-refractivity contribution in [3.63, 3.8) is 0 Å². The van der Waals surface area contributed by atoms with Gasteiger partial charge in [0.1, 0.15) is 0 Å². The van der Waals surface area contributed by atoms with E-state index in [1.165, 1.54) is 0 Å². The number of carbonyl (C=O) groups excluding carboxylic acids is 1. The van der Waals surface area contributed by atoms with Crippen LogP contribution in [0.1, 0.15) is 39.0 Å². The van der Waals surface area contributed by atoms with Crippen LogP contribution in [0.25, 0.3) is 0 Å². The quantitative estimate of drug-likeness (QED) is 0.316. The van der Waals surface area contributed by atoms with Crippen molar-refractivity contribution in [3.8, 4) is 0 Å². The molecule has 126 valence electrons. The van der Waals surface area contributed by atoms with E-state index < -0.39 is 0 Å². The third kappa shape index (κ3) is 14.0. The van der Waals surface area contributed by atoms with E-state index in [0.29, 0.717) is 6.54 Å². The fraction of sp³-hybridized carbons (Fsp3) is 0.933. The lowest BCUT2D eigenvalue weighted by molar-refractivity contribution is -0.128. The van der Waals surface area contributed by atoms with Gasteiger partial charge in [-0.15, -0.1) is 0 Å². The van der Waals surface area contributed by atoms with Crippen molar-refractivity contribution in [1.82, 2.24) is 15.5 Å². The summed E-state index contributed by atoms with van der Waals surface area (Å²) >= 11 is 0. The van der Waals surface area contributed by atoms with E-state index in [1.807, 2.05) is 4.90 Å². The molecule has 0 atom stereocenters. The van der Waals surface area contributed by atoms with Gasteiger partial charge in [0, 0.05) is 20.0 Å². The van der Waals surface area contributed by atoms with Gasteiger partial charge < -0.3 is 27.0 Å². The second kappa shape index (κ2) is 15.7. The molecule has 6 N–H and O–H groups in total. The molecule has 0 unspecified atom stereocenters. The molecular formula is C15H35N5O. The molecule has 0 aromatic rings. The van der Waals surface area contributed by atoms with Gasteiger partial charge in [0.25, 0.3) is 0 Å². The number of unbranched alkanes of at least 4 members (excludes halogenated alkanes) is 1. The highest BCUT2D eigenvalue weighted by Crippen LogP contribution is 1.94. The summed E-state index contributed by atoms with van der Waals surface area (Å²) in [5.74, 6) is 0.144. The molecule has 0 aliphatic heterocycles. The maximum Gasteiger partial charge on any atom is 0.219 e. The van der Waals surface area contributed by atoms with Gasteiger partial charge in [0.2, 0.25) is 5.91 Å². The van der Waals surface area contributed by atoms with E-state index in [-0.39, 0.29) is 5.91 Å². The zero-order chi connectivity index (χ0) is 15.8. The molecule has 0 saturated heterocycles. The first-order valence-electron chi connectivity index (χ1n) is 8.29. The molecule has 0 bridgehead atoms. The average Bonchev–Trinajstić information content (AvgIpc) is 2.47. The Kier molecular flexibility index (Phi) is 15.2. The second-order valence-electron chi connectivity index (χ2n) is 5.35. The minimum atomic E-state index is 0.144. The Morgan fingerprint density at radius 2 is 1.33 bits per heavy atom. The van der Waals surface area contributed by atoms with E-state index in [9.17, 15) is 4.79 Å². The van der Waals surface area contributed by atoms with Crippen molar-refractivity contribution in [2.75, 3.05) is 52.4 Å². The Bertz CT molecular complexity index is 238. The van der Waals surface area contributed by atoms with E-state index in [1.54, 1.807) is 6.92 Å². The van der Waals surface area contributed by atoms with Crippen LogP contribution in [0.2, 0.25) is 0 Å². The zero-order valence-corrected chi connectivity index (χ0v) is 13.7. The van der Waals surface area contributed by atoms with Crippen LogP contribution in [-0.2, 0) is 4.79 Å². The molecule has 6 heteroatoms. The molecule has 6 nitrogen and oxygen atoms in total. The molecule has 0 aromatic heterocycles. The number of carbonyl (C=O) groups is 1. The molecule has 0 radical (unpaired) electrons. The summed E-state index contributed by atoms with van der Waals surface area (Å²) in [6.45, 7) is 8.73. The lowest BCUT2D eigenvalue weighted by Crippen LogP contribution is -2.33. The third-order valence-corrected chi connectivity index (χ3v) is 3.37. The van der Waals surface area contributed by atoms with Crippen LogP contribution in [0.15, 0.2) is 0 Å². The van der Waals surface area contributed by atoms with Crippen molar-refractivity contribution in [1.29, 1.82) is 0 Å². The van der Waals surface area contributed by atoms with Crippen LogP contribution in [0.5, 0.6) is 0 Å². The highest BCUT2D eigenvalue weighted by Gasteiger charge is 2.06. The van der Waals surface area contributed by atoms with Crippen LogP contribution in [-0.4, -0.2) is 63.2 Å².